The van der Waals surface area contributed by atoms with Gasteiger partial charge < -0.3 is 24.5 Å². The third-order valence-electron chi connectivity index (χ3n) is 11.1. The van der Waals surface area contributed by atoms with Gasteiger partial charge in [-0.05, 0) is 68.9 Å². The van der Waals surface area contributed by atoms with E-state index in [0.29, 0.717) is 37.4 Å². The van der Waals surface area contributed by atoms with Crippen molar-refractivity contribution in [2.24, 2.45) is 23.2 Å². The second kappa shape index (κ2) is 14.9. The van der Waals surface area contributed by atoms with Crippen molar-refractivity contribution >= 4 is 46.0 Å². The number of hydrogen-bond donors (Lipinski definition) is 3. The number of carbonyl (C=O) groups excluding carboxylic acids is 3. The number of benzene rings is 1. The van der Waals surface area contributed by atoms with Gasteiger partial charge in [-0.1, -0.05) is 26.8 Å². The highest BCUT2D eigenvalue weighted by Crippen LogP contribution is 2.46. The Morgan fingerprint density at radius 1 is 1.22 bits per heavy atom. The summed E-state index contributed by atoms with van der Waals surface area (Å²) in [6.45, 7) is 11.2. The number of hydrogen-bond acceptors (Lipinski definition) is 10. The van der Waals surface area contributed by atoms with Gasteiger partial charge in [0.1, 0.15) is 12.1 Å². The van der Waals surface area contributed by atoms with Gasteiger partial charge in [-0.3, -0.25) is 29.2 Å². The molecule has 1 aliphatic carbocycles. The molecule has 6 bridgehead atoms. The molecule has 5 heterocycles. The van der Waals surface area contributed by atoms with Gasteiger partial charge in [-0.2, -0.15) is 0 Å². The van der Waals surface area contributed by atoms with E-state index < -0.39 is 53.1 Å². The SMILES string of the molecule is CCn1c(-c2cccnc2[C@H](C)OC)c2c3cc(ccc31)-c1csc(n1)C[C@H](NC(=O)[C@@H]1[C@@H](C)[C@H]1C(=O)O)C(=O)N1CCC[C@H](N1)C(=O)OCC(C)(C)C2. The van der Waals surface area contributed by atoms with Crippen molar-refractivity contribution in [1.82, 2.24) is 30.3 Å². The van der Waals surface area contributed by atoms with E-state index in [1.54, 1.807) is 20.2 Å². The van der Waals surface area contributed by atoms with Crippen LogP contribution >= 0.6 is 11.3 Å². The van der Waals surface area contributed by atoms with Crippen molar-refractivity contribution in [3.8, 4) is 22.5 Å². The monoisotopic (exact) mass is 756 g/mol. The Morgan fingerprint density at radius 2 is 2.02 bits per heavy atom. The van der Waals surface area contributed by atoms with Gasteiger partial charge in [0.15, 0.2) is 0 Å². The maximum atomic E-state index is 14.1. The molecule has 1 saturated heterocycles. The molecule has 2 fully saturated rings. The number of aromatic nitrogens is 3. The third-order valence-corrected chi connectivity index (χ3v) is 12.0. The second-order valence-corrected chi connectivity index (χ2v) is 16.5. The average Bonchev–Trinajstić information content (AvgIpc) is 3.48. The van der Waals surface area contributed by atoms with Crippen molar-refractivity contribution in [2.45, 2.75) is 85.0 Å². The van der Waals surface area contributed by atoms with E-state index in [4.69, 9.17) is 19.4 Å². The smallest absolute Gasteiger partial charge is 0.324 e. The first-order valence-electron chi connectivity index (χ1n) is 18.7. The molecule has 3 aromatic heterocycles. The number of pyridine rings is 1. The van der Waals surface area contributed by atoms with Crippen LogP contribution in [0.5, 0.6) is 0 Å². The number of carbonyl (C=O) groups is 4. The van der Waals surface area contributed by atoms with E-state index in [0.717, 1.165) is 44.7 Å². The molecular formula is C40H48N6O7S. The Kier molecular flexibility index (Phi) is 10.4. The molecule has 0 spiro atoms. The van der Waals surface area contributed by atoms with Gasteiger partial charge in [0.2, 0.25) is 5.91 Å². The topological polar surface area (TPSA) is 165 Å². The number of rotatable bonds is 7. The molecule has 54 heavy (non-hydrogen) atoms. The molecule has 286 valence electrons. The molecule has 14 heteroatoms. The van der Waals surface area contributed by atoms with E-state index in [1.807, 2.05) is 18.4 Å². The Morgan fingerprint density at radius 3 is 2.74 bits per heavy atom. The summed E-state index contributed by atoms with van der Waals surface area (Å²) < 4.78 is 14.1. The highest BCUT2D eigenvalue weighted by atomic mass is 32.1. The lowest BCUT2D eigenvalue weighted by Crippen LogP contribution is -2.60. The van der Waals surface area contributed by atoms with Crippen LogP contribution in [-0.4, -0.2) is 80.7 Å². The maximum Gasteiger partial charge on any atom is 0.324 e. The van der Waals surface area contributed by atoms with E-state index in [2.05, 4.69) is 60.3 Å². The van der Waals surface area contributed by atoms with Crippen LogP contribution in [0, 0.1) is 23.2 Å². The number of methoxy groups -OCH3 is 1. The average molecular weight is 757 g/mol. The van der Waals surface area contributed by atoms with Crippen molar-refractivity contribution in [3.63, 3.8) is 0 Å². The van der Waals surface area contributed by atoms with Gasteiger partial charge in [0, 0.05) is 65.6 Å². The number of aryl methyl sites for hydroxylation is 1. The quantitative estimate of drug-likeness (QED) is 0.214. The molecular weight excluding hydrogens is 709 g/mol. The van der Waals surface area contributed by atoms with Gasteiger partial charge in [0.25, 0.3) is 5.91 Å². The van der Waals surface area contributed by atoms with Crippen molar-refractivity contribution in [3.05, 3.63) is 58.2 Å². The lowest BCUT2D eigenvalue weighted by atomic mass is 9.84. The Bertz CT molecular complexity index is 2110. The summed E-state index contributed by atoms with van der Waals surface area (Å²) >= 11 is 1.40. The molecule has 3 aliphatic rings. The molecule has 1 saturated carbocycles. The predicted octanol–water partition coefficient (Wildman–Crippen LogP) is 5.17. The number of fused-ring (bicyclic) bond motifs is 6. The summed E-state index contributed by atoms with van der Waals surface area (Å²) in [4.78, 5) is 62.6. The van der Waals surface area contributed by atoms with E-state index >= 15 is 0 Å². The standard InChI is InChI=1S/C40H48N6O7S/c1-7-45-30-13-12-23-16-25(30)26(35(45)24-10-8-14-41-34(24)22(3)52-6)18-40(4,5)20-53-39(51)27-11-9-15-46(44-27)37(48)28(17-31-42-29(23)19-54-31)43-36(47)32-21(2)33(32)38(49)50/h8,10,12-14,16,19,21-22,27-28,32-33,44H,7,9,11,15,17-18,20H2,1-6H3,(H,43,47)(H,49,50)/t21-,22+,27+,28+,32-,33-/m1/s1. The lowest BCUT2D eigenvalue weighted by molar-refractivity contribution is -0.155. The summed E-state index contributed by atoms with van der Waals surface area (Å²) in [5.74, 6) is -4.24. The molecule has 4 aromatic rings. The summed E-state index contributed by atoms with van der Waals surface area (Å²) in [6.07, 6.45) is 3.26. The number of amides is 2. The zero-order valence-corrected chi connectivity index (χ0v) is 32.4. The number of aliphatic carboxylic acids is 1. The van der Waals surface area contributed by atoms with Crippen LogP contribution in [0.1, 0.15) is 69.8 Å². The number of esters is 1. The highest BCUT2D eigenvalue weighted by molar-refractivity contribution is 7.10. The van der Waals surface area contributed by atoms with Crippen LogP contribution in [0.3, 0.4) is 0 Å². The number of hydrazine groups is 1. The largest absolute Gasteiger partial charge is 0.481 e. The third kappa shape index (κ3) is 7.14. The van der Waals surface area contributed by atoms with Crippen LogP contribution in [0.25, 0.3) is 33.4 Å². The van der Waals surface area contributed by atoms with Crippen LogP contribution in [0.15, 0.2) is 41.9 Å². The Hall–Kier alpha value is -4.66. The summed E-state index contributed by atoms with van der Waals surface area (Å²) in [6, 6.07) is 8.57. The Balaban J connectivity index is 1.34. The number of nitrogens with one attached hydrogen (secondary N) is 2. The number of carboxylic acids is 1. The minimum Gasteiger partial charge on any atom is -0.481 e. The van der Waals surface area contributed by atoms with E-state index in [9.17, 15) is 24.3 Å². The molecule has 2 amide bonds. The molecule has 0 unspecified atom stereocenters. The lowest BCUT2D eigenvalue weighted by Gasteiger charge is -2.35. The molecule has 6 atom stereocenters. The van der Waals surface area contributed by atoms with Gasteiger partial charge in [-0.15, -0.1) is 11.3 Å². The molecule has 3 N–H and O–H groups in total. The number of carboxylic acid groups (broad SMARTS) is 1. The molecule has 7 rings (SSSR count). The van der Waals surface area contributed by atoms with Crippen LogP contribution in [0.2, 0.25) is 0 Å². The van der Waals surface area contributed by atoms with E-state index in [-0.39, 0.29) is 25.0 Å². The zero-order valence-electron chi connectivity index (χ0n) is 31.5. The summed E-state index contributed by atoms with van der Waals surface area (Å²) in [5.41, 5.74) is 9.24. The van der Waals surface area contributed by atoms with E-state index in [1.165, 1.54) is 16.3 Å². The van der Waals surface area contributed by atoms with Crippen LogP contribution < -0.4 is 10.7 Å². The first-order chi connectivity index (χ1) is 25.8. The Labute approximate surface area is 318 Å². The van der Waals surface area contributed by atoms with Crippen LogP contribution in [0.4, 0.5) is 0 Å². The highest BCUT2D eigenvalue weighted by Gasteiger charge is 2.57. The van der Waals surface area contributed by atoms with Crippen molar-refractivity contribution in [2.75, 3.05) is 20.3 Å². The number of nitrogens with zero attached hydrogens (tertiary/aromatic N) is 4. The predicted molar refractivity (Wildman–Crippen MR) is 203 cm³/mol. The van der Waals surface area contributed by atoms with Gasteiger partial charge in [0.05, 0.1) is 46.6 Å². The molecule has 1 aromatic carbocycles. The minimum absolute atomic E-state index is 0.0981. The van der Waals surface area contributed by atoms with Crippen molar-refractivity contribution < 1.29 is 33.8 Å². The van der Waals surface area contributed by atoms with Gasteiger partial charge >= 0.3 is 11.9 Å². The first kappa shape index (κ1) is 37.6. The summed E-state index contributed by atoms with van der Waals surface area (Å²) in [7, 11) is 1.68. The second-order valence-electron chi connectivity index (χ2n) is 15.5. The minimum atomic E-state index is -1.03. The van der Waals surface area contributed by atoms with Crippen LogP contribution in [-0.2, 0) is 48.0 Å². The molecule has 0 radical (unpaired) electrons. The molecule has 2 aliphatic heterocycles. The molecule has 13 nitrogen and oxygen atoms in total. The van der Waals surface area contributed by atoms with Gasteiger partial charge in [-0.25, -0.2) is 10.4 Å². The number of cyclic esters (lactones) is 1. The maximum absolute atomic E-state index is 14.1. The summed E-state index contributed by atoms with van der Waals surface area (Å²) in [5, 5.41) is 17.5. The normalized spacial score (nSPS) is 24.8. The number of thiazole rings is 1. The fraction of sp³-hybridized carbons (Fsp3) is 0.500. The number of ether oxygens (including phenoxy) is 2. The fourth-order valence-electron chi connectivity index (χ4n) is 8.07. The zero-order chi connectivity index (χ0) is 38.5. The fourth-order valence-corrected chi connectivity index (χ4v) is 8.93. The van der Waals surface area contributed by atoms with Crippen molar-refractivity contribution in [1.29, 1.82) is 0 Å². The first-order valence-corrected chi connectivity index (χ1v) is 19.5.